The van der Waals surface area contributed by atoms with Crippen LogP contribution >= 0.6 is 23.1 Å². The van der Waals surface area contributed by atoms with Crippen LogP contribution in [0.3, 0.4) is 0 Å². The van der Waals surface area contributed by atoms with Gasteiger partial charge >= 0.3 is 0 Å². The molecule has 0 radical (unpaired) electrons. The summed E-state index contributed by atoms with van der Waals surface area (Å²) in [4.78, 5) is 31.2. The van der Waals surface area contributed by atoms with E-state index in [2.05, 4.69) is 39.1 Å². The lowest BCUT2D eigenvalue weighted by molar-refractivity contribution is -0.127. The zero-order valence-corrected chi connectivity index (χ0v) is 21.0. The first-order chi connectivity index (χ1) is 16.6. The number of benzene rings is 2. The highest BCUT2D eigenvalue weighted by atomic mass is 32.2. The van der Waals surface area contributed by atoms with Gasteiger partial charge in [-0.15, -0.1) is 11.3 Å². The van der Waals surface area contributed by atoms with Gasteiger partial charge in [0.1, 0.15) is 0 Å². The molecule has 2 amide bonds. The molecule has 1 atom stereocenters. The molecule has 34 heavy (non-hydrogen) atoms. The number of rotatable bonds is 9. The number of nitrogens with one attached hydrogen (secondary N) is 2. The first-order valence-corrected chi connectivity index (χ1v) is 13.5. The van der Waals surface area contributed by atoms with Crippen molar-refractivity contribution in [3.63, 3.8) is 0 Å². The highest BCUT2D eigenvalue weighted by molar-refractivity contribution is 7.99. The van der Waals surface area contributed by atoms with Gasteiger partial charge in [0.15, 0.2) is 0 Å². The SMILES string of the molecule is CC(C(=O)Nc1ccccc1Sc1ccccc1)N1CCC(C(=O)NCCc2cccs2)CC1. The second-order valence-corrected chi connectivity index (χ2v) is 10.7. The Hall–Kier alpha value is -2.61. The van der Waals surface area contributed by atoms with Gasteiger partial charge in [0.25, 0.3) is 0 Å². The number of likely N-dealkylation sites (tertiary alicyclic amines) is 1. The lowest BCUT2D eigenvalue weighted by atomic mass is 9.95. The Morgan fingerprint density at radius 1 is 1.03 bits per heavy atom. The number of hydrogen-bond donors (Lipinski definition) is 2. The molecule has 0 spiro atoms. The summed E-state index contributed by atoms with van der Waals surface area (Å²) in [5.74, 6) is 0.151. The second-order valence-electron chi connectivity index (χ2n) is 8.51. The average Bonchev–Trinajstić information content (AvgIpc) is 3.39. The maximum atomic E-state index is 13.0. The summed E-state index contributed by atoms with van der Waals surface area (Å²) < 4.78 is 0. The molecule has 3 aromatic rings. The minimum Gasteiger partial charge on any atom is -0.355 e. The predicted molar refractivity (Wildman–Crippen MR) is 140 cm³/mol. The topological polar surface area (TPSA) is 61.4 Å². The summed E-state index contributed by atoms with van der Waals surface area (Å²) in [6.45, 7) is 4.12. The maximum Gasteiger partial charge on any atom is 0.241 e. The first-order valence-electron chi connectivity index (χ1n) is 11.8. The van der Waals surface area contributed by atoms with E-state index >= 15 is 0 Å². The molecule has 2 N–H and O–H groups in total. The van der Waals surface area contributed by atoms with E-state index in [0.717, 1.165) is 47.8 Å². The van der Waals surface area contributed by atoms with Gasteiger partial charge in [0, 0.05) is 27.1 Å². The lowest BCUT2D eigenvalue weighted by Crippen LogP contribution is -2.48. The summed E-state index contributed by atoms with van der Waals surface area (Å²) in [5.41, 5.74) is 0.827. The van der Waals surface area contributed by atoms with Gasteiger partial charge in [0.05, 0.1) is 11.7 Å². The molecule has 178 valence electrons. The fraction of sp³-hybridized carbons (Fsp3) is 0.333. The van der Waals surface area contributed by atoms with Crippen molar-refractivity contribution in [3.05, 3.63) is 77.0 Å². The highest BCUT2D eigenvalue weighted by Crippen LogP contribution is 2.33. The van der Waals surface area contributed by atoms with Gasteiger partial charge in [-0.25, -0.2) is 0 Å². The number of anilines is 1. The number of para-hydroxylation sites is 1. The molecule has 1 unspecified atom stereocenters. The summed E-state index contributed by atoms with van der Waals surface area (Å²) >= 11 is 3.36. The van der Waals surface area contributed by atoms with Gasteiger partial charge in [0.2, 0.25) is 11.8 Å². The van der Waals surface area contributed by atoms with Crippen molar-refractivity contribution in [2.45, 2.75) is 42.0 Å². The van der Waals surface area contributed by atoms with Crippen LogP contribution in [0, 0.1) is 5.92 Å². The third-order valence-electron chi connectivity index (χ3n) is 6.19. The summed E-state index contributed by atoms with van der Waals surface area (Å²) in [7, 11) is 0. The smallest absolute Gasteiger partial charge is 0.241 e. The summed E-state index contributed by atoms with van der Waals surface area (Å²) in [6, 6.07) is 21.9. The lowest BCUT2D eigenvalue weighted by Gasteiger charge is -2.34. The van der Waals surface area contributed by atoms with Crippen LogP contribution in [0.5, 0.6) is 0 Å². The van der Waals surface area contributed by atoms with Crippen LogP contribution in [0.1, 0.15) is 24.6 Å². The largest absolute Gasteiger partial charge is 0.355 e. The zero-order valence-electron chi connectivity index (χ0n) is 19.4. The minimum absolute atomic E-state index is 0.0139. The van der Waals surface area contributed by atoms with Crippen LogP contribution in [0.25, 0.3) is 0 Å². The van der Waals surface area contributed by atoms with Crippen LogP contribution in [0.4, 0.5) is 5.69 Å². The van der Waals surface area contributed by atoms with E-state index in [1.165, 1.54) is 4.88 Å². The molecule has 7 heteroatoms. The van der Waals surface area contributed by atoms with Crippen molar-refractivity contribution >= 4 is 40.6 Å². The van der Waals surface area contributed by atoms with E-state index < -0.39 is 0 Å². The van der Waals surface area contributed by atoms with Gasteiger partial charge in [-0.2, -0.15) is 0 Å². The highest BCUT2D eigenvalue weighted by Gasteiger charge is 2.29. The fourth-order valence-corrected chi connectivity index (χ4v) is 5.77. The number of piperidine rings is 1. The quantitative estimate of drug-likeness (QED) is 0.425. The fourth-order valence-electron chi connectivity index (χ4n) is 4.13. The Balaban J connectivity index is 1.25. The summed E-state index contributed by atoms with van der Waals surface area (Å²) in [6.07, 6.45) is 2.44. The Kier molecular flexibility index (Phi) is 8.79. The van der Waals surface area contributed by atoms with Crippen LogP contribution in [-0.4, -0.2) is 42.4 Å². The molecule has 4 rings (SSSR count). The van der Waals surface area contributed by atoms with Crippen molar-refractivity contribution in [2.75, 3.05) is 25.0 Å². The number of amides is 2. The Bertz CT molecular complexity index is 1060. The van der Waals surface area contributed by atoms with E-state index in [-0.39, 0.29) is 23.8 Å². The normalized spacial score (nSPS) is 15.6. The van der Waals surface area contributed by atoms with E-state index in [1.807, 2.05) is 55.5 Å². The van der Waals surface area contributed by atoms with E-state index in [1.54, 1.807) is 23.1 Å². The first kappa shape index (κ1) is 24.5. The van der Waals surface area contributed by atoms with Gasteiger partial charge in [-0.1, -0.05) is 48.2 Å². The van der Waals surface area contributed by atoms with Gasteiger partial charge in [-0.3, -0.25) is 14.5 Å². The number of carbonyl (C=O) groups is 2. The van der Waals surface area contributed by atoms with Crippen LogP contribution < -0.4 is 10.6 Å². The third-order valence-corrected chi connectivity index (χ3v) is 8.21. The second kappa shape index (κ2) is 12.2. The molecule has 5 nitrogen and oxygen atoms in total. The molecule has 1 saturated heterocycles. The molecule has 2 aromatic carbocycles. The molecule has 1 aliphatic heterocycles. The number of nitrogens with zero attached hydrogens (tertiary/aromatic N) is 1. The maximum absolute atomic E-state index is 13.0. The van der Waals surface area contributed by atoms with E-state index in [9.17, 15) is 9.59 Å². The molecule has 0 aliphatic carbocycles. The van der Waals surface area contributed by atoms with Crippen LogP contribution in [0.15, 0.2) is 81.9 Å². The molecule has 0 saturated carbocycles. The minimum atomic E-state index is -0.252. The third kappa shape index (κ3) is 6.72. The number of carbonyl (C=O) groups excluding carboxylic acids is 2. The molecule has 1 aliphatic rings. The van der Waals surface area contributed by atoms with Crippen molar-refractivity contribution in [2.24, 2.45) is 5.92 Å². The Morgan fingerprint density at radius 2 is 1.76 bits per heavy atom. The van der Waals surface area contributed by atoms with E-state index in [0.29, 0.717) is 6.54 Å². The monoisotopic (exact) mass is 493 g/mol. The molecule has 0 bridgehead atoms. The predicted octanol–water partition coefficient (Wildman–Crippen LogP) is 5.30. The molecular formula is C27H31N3O2S2. The van der Waals surface area contributed by atoms with E-state index in [4.69, 9.17) is 0 Å². The average molecular weight is 494 g/mol. The molecular weight excluding hydrogens is 462 g/mol. The Morgan fingerprint density at radius 3 is 2.50 bits per heavy atom. The zero-order chi connectivity index (χ0) is 23.8. The standard InChI is InChI=1S/C27H31N3O2S2/c1-20(26(31)29-24-11-5-6-12-25(24)34-23-8-3-2-4-9-23)30-17-14-21(15-18-30)27(32)28-16-13-22-10-7-19-33-22/h2-12,19-21H,13-18H2,1H3,(H,28,32)(H,29,31). The molecule has 2 heterocycles. The van der Waals surface area contributed by atoms with Crippen LogP contribution in [0.2, 0.25) is 0 Å². The van der Waals surface area contributed by atoms with Crippen molar-refractivity contribution in [1.82, 2.24) is 10.2 Å². The van der Waals surface area contributed by atoms with Crippen LogP contribution in [-0.2, 0) is 16.0 Å². The Labute approximate surface area is 210 Å². The van der Waals surface area contributed by atoms with Crippen molar-refractivity contribution in [1.29, 1.82) is 0 Å². The van der Waals surface area contributed by atoms with Gasteiger partial charge < -0.3 is 10.6 Å². The number of hydrogen-bond acceptors (Lipinski definition) is 5. The van der Waals surface area contributed by atoms with Crippen molar-refractivity contribution in [3.8, 4) is 0 Å². The number of thiophene rings is 1. The molecule has 1 fully saturated rings. The van der Waals surface area contributed by atoms with Crippen molar-refractivity contribution < 1.29 is 9.59 Å². The van der Waals surface area contributed by atoms with Gasteiger partial charge in [-0.05, 0) is 75.0 Å². The summed E-state index contributed by atoms with van der Waals surface area (Å²) in [5, 5.41) is 8.27. The molecule has 1 aromatic heterocycles.